The van der Waals surface area contributed by atoms with Crippen LogP contribution in [0.4, 0.5) is 10.2 Å². The molecule has 0 radical (unpaired) electrons. The van der Waals surface area contributed by atoms with E-state index in [1.165, 1.54) is 6.33 Å². The van der Waals surface area contributed by atoms with Crippen LogP contribution in [0.3, 0.4) is 0 Å². The lowest BCUT2D eigenvalue weighted by molar-refractivity contribution is 0.191. The second kappa shape index (κ2) is 6.24. The first kappa shape index (κ1) is 13.4. The van der Waals surface area contributed by atoms with Gasteiger partial charge < -0.3 is 10.4 Å². The lowest BCUT2D eigenvalue weighted by atomic mass is 10.1. The van der Waals surface area contributed by atoms with Gasteiger partial charge in [-0.3, -0.25) is 0 Å². The molecule has 1 atom stereocenters. The molecule has 0 fully saturated rings. The van der Waals surface area contributed by atoms with E-state index in [0.717, 1.165) is 5.56 Å². The zero-order valence-corrected chi connectivity index (χ0v) is 10.7. The maximum atomic E-state index is 13.9. The number of aromatic nitrogens is 2. The highest BCUT2D eigenvalue weighted by molar-refractivity contribution is 5.37. The highest BCUT2D eigenvalue weighted by atomic mass is 19.1. The van der Waals surface area contributed by atoms with Gasteiger partial charge in [-0.05, 0) is 12.0 Å². The number of hydrogen-bond donors (Lipinski definition) is 2. The highest BCUT2D eigenvalue weighted by Gasteiger charge is 2.12. The van der Waals surface area contributed by atoms with Crippen molar-refractivity contribution < 1.29 is 9.50 Å². The number of nitrogens with zero attached hydrogens (tertiary/aromatic N) is 2. The number of anilines is 1. The topological polar surface area (TPSA) is 58.0 Å². The van der Waals surface area contributed by atoms with E-state index in [4.69, 9.17) is 0 Å². The van der Waals surface area contributed by atoms with Crippen molar-refractivity contribution in [2.75, 3.05) is 11.9 Å². The van der Waals surface area contributed by atoms with E-state index < -0.39 is 11.9 Å². The summed E-state index contributed by atoms with van der Waals surface area (Å²) in [6.45, 7) is 2.02. The fourth-order valence-electron chi connectivity index (χ4n) is 1.76. The van der Waals surface area contributed by atoms with E-state index in [9.17, 15) is 9.50 Å². The van der Waals surface area contributed by atoms with Gasteiger partial charge in [0.1, 0.15) is 6.33 Å². The van der Waals surface area contributed by atoms with Crippen molar-refractivity contribution in [3.8, 4) is 0 Å². The second-order valence-corrected chi connectivity index (χ2v) is 4.14. The molecule has 5 heteroatoms. The van der Waals surface area contributed by atoms with Crippen molar-refractivity contribution in [2.45, 2.75) is 19.4 Å². The zero-order chi connectivity index (χ0) is 13.7. The van der Waals surface area contributed by atoms with E-state index in [-0.39, 0.29) is 12.4 Å². The van der Waals surface area contributed by atoms with Gasteiger partial charge in [0.25, 0.3) is 0 Å². The second-order valence-electron chi connectivity index (χ2n) is 4.14. The Morgan fingerprint density at radius 3 is 2.68 bits per heavy atom. The number of rotatable bonds is 5. The minimum Gasteiger partial charge on any atom is -0.387 e. The summed E-state index contributed by atoms with van der Waals surface area (Å²) in [5, 5.41) is 12.8. The van der Waals surface area contributed by atoms with E-state index in [1.54, 1.807) is 0 Å². The third-order valence-corrected chi connectivity index (χ3v) is 2.84. The molecule has 0 spiro atoms. The fraction of sp³-hybridized carbons (Fsp3) is 0.286. The number of hydrogen-bond acceptors (Lipinski definition) is 4. The Hall–Kier alpha value is -2.01. The van der Waals surface area contributed by atoms with Crippen molar-refractivity contribution in [3.63, 3.8) is 0 Å². The Bertz CT molecular complexity index is 533. The summed E-state index contributed by atoms with van der Waals surface area (Å²) < 4.78 is 13.9. The number of nitrogens with one attached hydrogen (secondary N) is 1. The smallest absolute Gasteiger partial charge is 0.186 e. The Labute approximate surface area is 111 Å². The van der Waals surface area contributed by atoms with Crippen LogP contribution in [0.2, 0.25) is 0 Å². The molecule has 0 aliphatic heterocycles. The van der Waals surface area contributed by atoms with Crippen molar-refractivity contribution >= 4 is 5.82 Å². The predicted molar refractivity (Wildman–Crippen MR) is 71.3 cm³/mol. The van der Waals surface area contributed by atoms with Crippen LogP contribution in [0.1, 0.15) is 24.3 Å². The van der Waals surface area contributed by atoms with Crippen LogP contribution >= 0.6 is 0 Å². The number of aryl methyl sites for hydroxylation is 1. The van der Waals surface area contributed by atoms with Crippen LogP contribution in [0, 0.1) is 5.82 Å². The van der Waals surface area contributed by atoms with Crippen LogP contribution < -0.4 is 5.32 Å². The average molecular weight is 261 g/mol. The Balaban J connectivity index is 2.03. The molecular formula is C14H16FN3O. The third-order valence-electron chi connectivity index (χ3n) is 2.84. The number of aliphatic hydroxyl groups excluding tert-OH is 1. The molecule has 1 unspecified atom stereocenters. The number of aliphatic hydroxyl groups is 1. The highest BCUT2D eigenvalue weighted by Crippen LogP contribution is 2.16. The van der Waals surface area contributed by atoms with Crippen molar-refractivity contribution in [1.29, 1.82) is 0 Å². The van der Waals surface area contributed by atoms with Crippen molar-refractivity contribution in [1.82, 2.24) is 9.97 Å². The molecule has 1 aromatic carbocycles. The molecule has 0 bridgehead atoms. The molecule has 1 heterocycles. The Kier molecular flexibility index (Phi) is 4.41. The summed E-state index contributed by atoms with van der Waals surface area (Å²) in [5.74, 6) is -0.327. The summed E-state index contributed by atoms with van der Waals surface area (Å²) in [6, 6.07) is 9.21. The lowest BCUT2D eigenvalue weighted by Gasteiger charge is -2.13. The molecular weight excluding hydrogens is 245 g/mol. The monoisotopic (exact) mass is 261 g/mol. The van der Waals surface area contributed by atoms with E-state index in [0.29, 0.717) is 12.1 Å². The molecule has 4 nitrogen and oxygen atoms in total. The van der Waals surface area contributed by atoms with Crippen LogP contribution in [0.5, 0.6) is 0 Å². The van der Waals surface area contributed by atoms with E-state index in [2.05, 4.69) is 15.3 Å². The quantitative estimate of drug-likeness (QED) is 0.867. The van der Waals surface area contributed by atoms with Gasteiger partial charge in [-0.2, -0.15) is 0 Å². The van der Waals surface area contributed by atoms with Gasteiger partial charge in [0.15, 0.2) is 11.6 Å². The molecule has 2 aromatic rings. The van der Waals surface area contributed by atoms with Gasteiger partial charge in [-0.15, -0.1) is 0 Å². The van der Waals surface area contributed by atoms with Crippen LogP contribution in [0.25, 0.3) is 0 Å². The minimum absolute atomic E-state index is 0.127. The number of benzene rings is 1. The van der Waals surface area contributed by atoms with Crippen LogP contribution in [-0.2, 0) is 6.42 Å². The molecule has 2 N–H and O–H groups in total. The van der Waals surface area contributed by atoms with Crippen molar-refractivity contribution in [2.24, 2.45) is 0 Å². The predicted octanol–water partition coefficient (Wildman–Crippen LogP) is 2.32. The summed E-state index contributed by atoms with van der Waals surface area (Å²) in [7, 11) is 0. The molecule has 0 amide bonds. The van der Waals surface area contributed by atoms with Crippen molar-refractivity contribution in [3.05, 3.63) is 53.7 Å². The summed E-state index contributed by atoms with van der Waals surface area (Å²) in [5.41, 5.74) is 1.15. The minimum atomic E-state index is -0.708. The summed E-state index contributed by atoms with van der Waals surface area (Å²) in [6.07, 6.45) is 1.12. The molecule has 100 valence electrons. The van der Waals surface area contributed by atoms with Gasteiger partial charge in [0, 0.05) is 6.54 Å². The third kappa shape index (κ3) is 3.26. The Morgan fingerprint density at radius 1 is 1.26 bits per heavy atom. The number of halogens is 1. The molecule has 19 heavy (non-hydrogen) atoms. The molecule has 0 saturated carbocycles. The van der Waals surface area contributed by atoms with Gasteiger partial charge in [0.05, 0.1) is 11.8 Å². The van der Waals surface area contributed by atoms with Gasteiger partial charge >= 0.3 is 0 Å². The SMILES string of the molecule is CCc1ncnc(NCC(O)c2ccccc2)c1F. The first-order valence-electron chi connectivity index (χ1n) is 6.18. The van der Waals surface area contributed by atoms with Crippen LogP contribution in [0.15, 0.2) is 36.7 Å². The van der Waals surface area contributed by atoms with Gasteiger partial charge in [-0.1, -0.05) is 37.3 Å². The first-order chi connectivity index (χ1) is 9.22. The fourth-order valence-corrected chi connectivity index (χ4v) is 1.76. The van der Waals surface area contributed by atoms with Gasteiger partial charge in [0.2, 0.25) is 0 Å². The molecule has 1 aromatic heterocycles. The van der Waals surface area contributed by atoms with Crippen LogP contribution in [-0.4, -0.2) is 21.6 Å². The lowest BCUT2D eigenvalue weighted by Crippen LogP contribution is -2.14. The van der Waals surface area contributed by atoms with E-state index in [1.807, 2.05) is 37.3 Å². The molecule has 0 aliphatic rings. The molecule has 0 saturated heterocycles. The first-order valence-corrected chi connectivity index (χ1v) is 6.18. The standard InChI is InChI=1S/C14H16FN3O/c1-2-11-13(15)14(18-9-17-11)16-8-12(19)10-6-4-3-5-7-10/h3-7,9,12,19H,2,8H2,1H3,(H,16,17,18). The van der Waals surface area contributed by atoms with Gasteiger partial charge in [-0.25, -0.2) is 14.4 Å². The maximum absolute atomic E-state index is 13.9. The molecule has 0 aliphatic carbocycles. The Morgan fingerprint density at radius 2 is 2.00 bits per heavy atom. The normalized spacial score (nSPS) is 12.2. The summed E-state index contributed by atoms with van der Waals surface area (Å²) >= 11 is 0. The largest absolute Gasteiger partial charge is 0.387 e. The molecule has 2 rings (SSSR count). The zero-order valence-electron chi connectivity index (χ0n) is 10.7. The average Bonchev–Trinajstić information content (AvgIpc) is 2.47. The maximum Gasteiger partial charge on any atom is 0.186 e. The summed E-state index contributed by atoms with van der Waals surface area (Å²) in [4.78, 5) is 7.70. The van der Waals surface area contributed by atoms with E-state index >= 15 is 0 Å².